The topological polar surface area (TPSA) is 53.1 Å². The van der Waals surface area contributed by atoms with E-state index in [0.29, 0.717) is 6.04 Å². The summed E-state index contributed by atoms with van der Waals surface area (Å²) in [6, 6.07) is 12.9. The zero-order valence-electron chi connectivity index (χ0n) is 12.4. The molecular weight excluding hydrogens is 274 g/mol. The van der Waals surface area contributed by atoms with E-state index >= 15 is 0 Å². The highest BCUT2D eigenvalue weighted by molar-refractivity contribution is 5.89. The molecule has 0 saturated carbocycles. The molecule has 4 heteroatoms. The Bertz CT molecular complexity index is 803. The Hall–Kier alpha value is -2.33. The molecule has 0 unspecified atom stereocenters. The SMILES string of the molecule is Nc1ccc2cc(-c3cnn(C4CCOCC4)c3)ccc2c1. The van der Waals surface area contributed by atoms with Crippen molar-refractivity contribution in [3.8, 4) is 11.1 Å². The molecule has 0 aliphatic carbocycles. The molecule has 2 N–H and O–H groups in total. The summed E-state index contributed by atoms with van der Waals surface area (Å²) in [4.78, 5) is 0. The first-order chi connectivity index (χ1) is 10.8. The Morgan fingerprint density at radius 2 is 1.77 bits per heavy atom. The fourth-order valence-corrected chi connectivity index (χ4v) is 3.08. The van der Waals surface area contributed by atoms with Gasteiger partial charge in [-0.25, -0.2) is 0 Å². The van der Waals surface area contributed by atoms with Crippen molar-refractivity contribution in [3.05, 3.63) is 48.8 Å². The maximum Gasteiger partial charge on any atom is 0.0568 e. The lowest BCUT2D eigenvalue weighted by Gasteiger charge is -2.22. The normalized spacial score (nSPS) is 16.2. The monoisotopic (exact) mass is 293 g/mol. The van der Waals surface area contributed by atoms with Gasteiger partial charge in [-0.2, -0.15) is 5.10 Å². The Morgan fingerprint density at radius 3 is 2.64 bits per heavy atom. The third-order valence-corrected chi connectivity index (χ3v) is 4.36. The Balaban J connectivity index is 1.66. The molecule has 112 valence electrons. The van der Waals surface area contributed by atoms with Crippen LogP contribution in [0, 0.1) is 0 Å². The van der Waals surface area contributed by atoms with Gasteiger partial charge in [-0.05, 0) is 47.4 Å². The van der Waals surface area contributed by atoms with Crippen LogP contribution in [-0.4, -0.2) is 23.0 Å². The zero-order chi connectivity index (χ0) is 14.9. The van der Waals surface area contributed by atoms with Crippen LogP contribution in [0.4, 0.5) is 5.69 Å². The lowest BCUT2D eigenvalue weighted by atomic mass is 10.0. The number of fused-ring (bicyclic) bond motifs is 1. The molecule has 0 radical (unpaired) electrons. The van der Waals surface area contributed by atoms with Crippen molar-refractivity contribution in [1.29, 1.82) is 0 Å². The number of ether oxygens (including phenoxy) is 1. The average Bonchev–Trinajstić information content (AvgIpc) is 3.05. The molecule has 4 rings (SSSR count). The van der Waals surface area contributed by atoms with Crippen molar-refractivity contribution >= 4 is 16.5 Å². The van der Waals surface area contributed by atoms with Gasteiger partial charge in [-0.3, -0.25) is 4.68 Å². The van der Waals surface area contributed by atoms with Crippen molar-refractivity contribution in [1.82, 2.24) is 9.78 Å². The van der Waals surface area contributed by atoms with Gasteiger partial charge >= 0.3 is 0 Å². The number of nitrogens with zero attached hydrogens (tertiary/aromatic N) is 2. The molecule has 0 atom stereocenters. The van der Waals surface area contributed by atoms with Crippen LogP contribution in [0.15, 0.2) is 48.8 Å². The third-order valence-electron chi connectivity index (χ3n) is 4.36. The number of nitrogens with two attached hydrogens (primary N) is 1. The van der Waals surface area contributed by atoms with Gasteiger partial charge in [0.05, 0.1) is 12.2 Å². The van der Waals surface area contributed by atoms with Gasteiger partial charge in [0.1, 0.15) is 0 Å². The quantitative estimate of drug-likeness (QED) is 0.734. The van der Waals surface area contributed by atoms with Gasteiger partial charge in [0.15, 0.2) is 0 Å². The summed E-state index contributed by atoms with van der Waals surface area (Å²) in [6.45, 7) is 1.66. The van der Waals surface area contributed by atoms with Gasteiger partial charge in [0.2, 0.25) is 0 Å². The maximum absolute atomic E-state index is 5.84. The van der Waals surface area contributed by atoms with Crippen molar-refractivity contribution in [2.45, 2.75) is 18.9 Å². The number of nitrogen functional groups attached to an aromatic ring is 1. The first-order valence-electron chi connectivity index (χ1n) is 7.71. The van der Waals surface area contributed by atoms with Gasteiger partial charge in [0.25, 0.3) is 0 Å². The lowest BCUT2D eigenvalue weighted by molar-refractivity contribution is 0.0662. The maximum atomic E-state index is 5.84. The van der Waals surface area contributed by atoms with Crippen molar-refractivity contribution in [2.75, 3.05) is 18.9 Å². The van der Waals surface area contributed by atoms with Gasteiger partial charge in [-0.15, -0.1) is 0 Å². The highest BCUT2D eigenvalue weighted by Gasteiger charge is 2.16. The Labute approximate surface area is 129 Å². The number of hydrogen-bond acceptors (Lipinski definition) is 3. The number of benzene rings is 2. The number of rotatable bonds is 2. The summed E-state index contributed by atoms with van der Waals surface area (Å²) in [5.41, 5.74) is 8.98. The summed E-state index contributed by atoms with van der Waals surface area (Å²) < 4.78 is 7.51. The molecule has 1 aromatic heterocycles. The van der Waals surface area contributed by atoms with E-state index in [4.69, 9.17) is 10.5 Å². The molecule has 4 nitrogen and oxygen atoms in total. The smallest absolute Gasteiger partial charge is 0.0568 e. The van der Waals surface area contributed by atoms with Crippen LogP contribution in [0.25, 0.3) is 21.9 Å². The minimum Gasteiger partial charge on any atom is -0.399 e. The zero-order valence-corrected chi connectivity index (χ0v) is 12.4. The highest BCUT2D eigenvalue weighted by atomic mass is 16.5. The molecule has 3 aromatic rings. The lowest BCUT2D eigenvalue weighted by Crippen LogP contribution is -2.19. The van der Waals surface area contributed by atoms with Gasteiger partial charge < -0.3 is 10.5 Å². The minimum absolute atomic E-state index is 0.461. The first kappa shape index (κ1) is 13.3. The fourth-order valence-electron chi connectivity index (χ4n) is 3.08. The van der Waals surface area contributed by atoms with Crippen LogP contribution in [0.1, 0.15) is 18.9 Å². The summed E-state index contributed by atoms with van der Waals surface area (Å²) >= 11 is 0. The van der Waals surface area contributed by atoms with E-state index in [1.165, 1.54) is 16.3 Å². The van der Waals surface area contributed by atoms with E-state index in [2.05, 4.69) is 40.2 Å². The van der Waals surface area contributed by atoms with E-state index < -0.39 is 0 Å². The number of hydrogen-bond donors (Lipinski definition) is 1. The average molecular weight is 293 g/mol. The second kappa shape index (κ2) is 5.46. The second-order valence-corrected chi connectivity index (χ2v) is 5.87. The predicted molar refractivity (Wildman–Crippen MR) is 88.7 cm³/mol. The predicted octanol–water partition coefficient (Wildman–Crippen LogP) is 3.64. The van der Waals surface area contributed by atoms with E-state index in [9.17, 15) is 0 Å². The molecule has 1 aliphatic heterocycles. The minimum atomic E-state index is 0.461. The molecule has 2 aromatic carbocycles. The van der Waals surface area contributed by atoms with E-state index in [0.717, 1.165) is 37.3 Å². The molecule has 1 fully saturated rings. The van der Waals surface area contributed by atoms with Crippen molar-refractivity contribution in [2.24, 2.45) is 0 Å². The summed E-state index contributed by atoms with van der Waals surface area (Å²) in [6.07, 6.45) is 6.18. The molecule has 2 heterocycles. The van der Waals surface area contributed by atoms with Gasteiger partial charge in [0, 0.05) is 30.7 Å². The third kappa shape index (κ3) is 2.46. The van der Waals surface area contributed by atoms with Crippen LogP contribution < -0.4 is 5.73 Å². The standard InChI is InChI=1S/C18H19N3O/c19-17-4-3-13-9-14(1-2-15(13)10-17)16-11-20-21(12-16)18-5-7-22-8-6-18/h1-4,9-12,18H,5-8,19H2. The summed E-state index contributed by atoms with van der Waals surface area (Å²) in [5.74, 6) is 0. The molecule has 1 aliphatic rings. The van der Waals surface area contributed by atoms with Crippen molar-refractivity contribution < 1.29 is 4.74 Å². The Morgan fingerprint density at radius 1 is 1.00 bits per heavy atom. The number of aromatic nitrogens is 2. The molecule has 22 heavy (non-hydrogen) atoms. The van der Waals surface area contributed by atoms with Gasteiger partial charge in [-0.1, -0.05) is 18.2 Å². The van der Waals surface area contributed by atoms with E-state index in [-0.39, 0.29) is 0 Å². The molecular formula is C18H19N3O. The van der Waals surface area contributed by atoms with Crippen molar-refractivity contribution in [3.63, 3.8) is 0 Å². The van der Waals surface area contributed by atoms with E-state index in [1.54, 1.807) is 0 Å². The molecule has 0 amide bonds. The largest absolute Gasteiger partial charge is 0.399 e. The fraction of sp³-hybridized carbons (Fsp3) is 0.278. The van der Waals surface area contributed by atoms with Crippen LogP contribution in [-0.2, 0) is 4.74 Å². The number of anilines is 1. The van der Waals surface area contributed by atoms with Crippen LogP contribution in [0.3, 0.4) is 0 Å². The summed E-state index contributed by atoms with van der Waals surface area (Å²) in [7, 11) is 0. The first-order valence-corrected chi connectivity index (χ1v) is 7.71. The molecule has 0 bridgehead atoms. The highest BCUT2D eigenvalue weighted by Crippen LogP contribution is 2.27. The van der Waals surface area contributed by atoms with Crippen LogP contribution >= 0.6 is 0 Å². The Kier molecular flexibility index (Phi) is 3.31. The molecule has 0 spiro atoms. The van der Waals surface area contributed by atoms with Crippen LogP contribution in [0.5, 0.6) is 0 Å². The second-order valence-electron chi connectivity index (χ2n) is 5.87. The van der Waals surface area contributed by atoms with E-state index in [1.807, 2.05) is 18.3 Å². The molecule has 1 saturated heterocycles. The summed E-state index contributed by atoms with van der Waals surface area (Å²) in [5, 5.41) is 6.92. The van der Waals surface area contributed by atoms with Crippen LogP contribution in [0.2, 0.25) is 0 Å².